The van der Waals surface area contributed by atoms with Gasteiger partial charge in [-0.1, -0.05) is 13.8 Å². The minimum atomic E-state index is 0.286. The molecule has 0 aromatic carbocycles. The summed E-state index contributed by atoms with van der Waals surface area (Å²) in [6.07, 6.45) is 3.68. The fourth-order valence-corrected chi connectivity index (χ4v) is 1.43. The second-order valence-electron chi connectivity index (χ2n) is 3.58. The Morgan fingerprint density at radius 3 is 2.82 bits per heavy atom. The summed E-state index contributed by atoms with van der Waals surface area (Å²) in [5.74, 6) is 0. The molecule has 2 unspecified atom stereocenters. The van der Waals surface area contributed by atoms with Gasteiger partial charge in [0.25, 0.3) is 0 Å². The SMILES string of the molecule is CCC1NC(C)(CC)CCO1. The van der Waals surface area contributed by atoms with E-state index >= 15 is 0 Å². The first-order valence-corrected chi connectivity index (χ1v) is 4.59. The van der Waals surface area contributed by atoms with Crippen molar-refractivity contribution < 1.29 is 4.74 Å². The highest BCUT2D eigenvalue weighted by atomic mass is 16.5. The van der Waals surface area contributed by atoms with E-state index in [9.17, 15) is 0 Å². The summed E-state index contributed by atoms with van der Waals surface area (Å²) in [6.45, 7) is 7.57. The van der Waals surface area contributed by atoms with E-state index < -0.39 is 0 Å². The molecule has 0 aliphatic carbocycles. The third kappa shape index (κ3) is 2.17. The summed E-state index contributed by atoms with van der Waals surface area (Å²) < 4.78 is 5.51. The molecule has 0 aromatic rings. The van der Waals surface area contributed by atoms with Gasteiger partial charge in [0, 0.05) is 5.54 Å². The zero-order valence-electron chi connectivity index (χ0n) is 7.81. The van der Waals surface area contributed by atoms with Gasteiger partial charge in [-0.2, -0.15) is 0 Å². The Bertz CT molecular complexity index is 127. The maximum Gasteiger partial charge on any atom is 0.108 e. The Morgan fingerprint density at radius 1 is 1.55 bits per heavy atom. The molecule has 2 atom stereocenters. The van der Waals surface area contributed by atoms with Crippen molar-refractivity contribution in [3.05, 3.63) is 0 Å². The second-order valence-corrected chi connectivity index (χ2v) is 3.58. The van der Waals surface area contributed by atoms with Gasteiger partial charge in [-0.3, -0.25) is 5.32 Å². The molecule has 0 radical (unpaired) electrons. The van der Waals surface area contributed by atoms with Gasteiger partial charge in [0.1, 0.15) is 6.23 Å². The van der Waals surface area contributed by atoms with Crippen LogP contribution in [0.1, 0.15) is 40.0 Å². The normalized spacial score (nSPS) is 39.0. The molecule has 1 aliphatic rings. The zero-order chi connectivity index (χ0) is 8.32. The van der Waals surface area contributed by atoms with Gasteiger partial charge in [0.05, 0.1) is 6.61 Å². The lowest BCUT2D eigenvalue weighted by Gasteiger charge is -2.38. The Balaban J connectivity index is 2.44. The number of hydrogen-bond donors (Lipinski definition) is 1. The third-order valence-electron chi connectivity index (χ3n) is 2.63. The van der Waals surface area contributed by atoms with Gasteiger partial charge in [-0.15, -0.1) is 0 Å². The van der Waals surface area contributed by atoms with E-state index in [0.29, 0.717) is 5.54 Å². The lowest BCUT2D eigenvalue weighted by Crippen LogP contribution is -2.53. The van der Waals surface area contributed by atoms with Crippen LogP contribution in [0.5, 0.6) is 0 Å². The van der Waals surface area contributed by atoms with Crippen molar-refractivity contribution >= 4 is 0 Å². The summed E-state index contributed by atoms with van der Waals surface area (Å²) >= 11 is 0. The first-order valence-electron chi connectivity index (χ1n) is 4.59. The fraction of sp³-hybridized carbons (Fsp3) is 1.00. The fourth-order valence-electron chi connectivity index (χ4n) is 1.43. The molecule has 1 fully saturated rings. The van der Waals surface area contributed by atoms with Crippen molar-refractivity contribution in [1.82, 2.24) is 5.32 Å². The Kier molecular flexibility index (Phi) is 2.90. The summed E-state index contributed by atoms with van der Waals surface area (Å²) in [4.78, 5) is 0. The highest BCUT2D eigenvalue weighted by molar-refractivity contribution is 4.85. The van der Waals surface area contributed by atoms with E-state index in [1.165, 1.54) is 6.42 Å². The lowest BCUT2D eigenvalue weighted by atomic mass is 9.93. The van der Waals surface area contributed by atoms with E-state index in [-0.39, 0.29) is 6.23 Å². The van der Waals surface area contributed by atoms with Crippen molar-refractivity contribution in [2.45, 2.75) is 51.8 Å². The molecule has 2 heteroatoms. The Morgan fingerprint density at radius 2 is 2.27 bits per heavy atom. The molecule has 1 heterocycles. The molecule has 11 heavy (non-hydrogen) atoms. The monoisotopic (exact) mass is 157 g/mol. The van der Waals surface area contributed by atoms with Gasteiger partial charge < -0.3 is 4.74 Å². The topological polar surface area (TPSA) is 21.3 Å². The van der Waals surface area contributed by atoms with Crippen LogP contribution in [0.15, 0.2) is 0 Å². The van der Waals surface area contributed by atoms with Crippen LogP contribution in [0.2, 0.25) is 0 Å². The minimum Gasteiger partial charge on any atom is -0.363 e. The lowest BCUT2D eigenvalue weighted by molar-refractivity contribution is -0.0458. The second kappa shape index (κ2) is 3.55. The van der Waals surface area contributed by atoms with Crippen LogP contribution in [-0.2, 0) is 4.74 Å². The van der Waals surface area contributed by atoms with Gasteiger partial charge in [0.15, 0.2) is 0 Å². The van der Waals surface area contributed by atoms with Crippen LogP contribution in [0, 0.1) is 0 Å². The van der Waals surface area contributed by atoms with Crippen molar-refractivity contribution in [3.63, 3.8) is 0 Å². The maximum absolute atomic E-state index is 5.51. The van der Waals surface area contributed by atoms with Crippen molar-refractivity contribution in [2.75, 3.05) is 6.61 Å². The molecular formula is C9H19NO. The predicted octanol–water partition coefficient (Wildman–Crippen LogP) is 1.90. The van der Waals surface area contributed by atoms with Crippen molar-refractivity contribution in [3.8, 4) is 0 Å². The first kappa shape index (κ1) is 9.01. The van der Waals surface area contributed by atoms with Gasteiger partial charge in [0.2, 0.25) is 0 Å². The maximum atomic E-state index is 5.51. The van der Waals surface area contributed by atoms with Crippen LogP contribution in [0.3, 0.4) is 0 Å². The molecule has 0 spiro atoms. The standard InChI is InChI=1S/C9H19NO/c1-4-8-10-9(3,5-2)6-7-11-8/h8,10H,4-7H2,1-3H3. The molecule has 0 bridgehead atoms. The van der Waals surface area contributed by atoms with Crippen LogP contribution >= 0.6 is 0 Å². The highest BCUT2D eigenvalue weighted by Gasteiger charge is 2.28. The summed E-state index contributed by atoms with van der Waals surface area (Å²) in [7, 11) is 0. The summed E-state index contributed by atoms with van der Waals surface area (Å²) in [5, 5.41) is 3.51. The van der Waals surface area contributed by atoms with Crippen LogP contribution in [0.25, 0.3) is 0 Å². The molecule has 2 nitrogen and oxygen atoms in total. The van der Waals surface area contributed by atoms with E-state index in [4.69, 9.17) is 4.74 Å². The van der Waals surface area contributed by atoms with Gasteiger partial charge in [-0.05, 0) is 26.2 Å². The number of hydrogen-bond acceptors (Lipinski definition) is 2. The largest absolute Gasteiger partial charge is 0.363 e. The summed E-state index contributed by atoms with van der Waals surface area (Å²) in [6, 6.07) is 0. The van der Waals surface area contributed by atoms with E-state index in [1.807, 2.05) is 0 Å². The number of rotatable bonds is 2. The molecule has 1 N–H and O–H groups in total. The number of ether oxygens (including phenoxy) is 1. The molecular weight excluding hydrogens is 138 g/mol. The first-order chi connectivity index (χ1) is 5.20. The quantitative estimate of drug-likeness (QED) is 0.661. The Hall–Kier alpha value is -0.0800. The van der Waals surface area contributed by atoms with Crippen molar-refractivity contribution in [1.29, 1.82) is 0 Å². The molecule has 0 aromatic heterocycles. The molecule has 1 saturated heterocycles. The summed E-state index contributed by atoms with van der Waals surface area (Å²) in [5.41, 5.74) is 0.318. The van der Waals surface area contributed by atoms with Crippen LogP contribution in [-0.4, -0.2) is 18.4 Å². The van der Waals surface area contributed by atoms with Crippen molar-refractivity contribution in [2.24, 2.45) is 0 Å². The molecule has 1 rings (SSSR count). The van der Waals surface area contributed by atoms with Crippen LogP contribution < -0.4 is 5.32 Å². The third-order valence-corrected chi connectivity index (χ3v) is 2.63. The van der Waals surface area contributed by atoms with Gasteiger partial charge in [-0.25, -0.2) is 0 Å². The van der Waals surface area contributed by atoms with E-state index in [2.05, 4.69) is 26.1 Å². The van der Waals surface area contributed by atoms with E-state index in [0.717, 1.165) is 19.4 Å². The Labute approximate surface area is 69.3 Å². The molecule has 0 amide bonds. The zero-order valence-corrected chi connectivity index (χ0v) is 7.81. The predicted molar refractivity (Wildman–Crippen MR) is 46.5 cm³/mol. The average molecular weight is 157 g/mol. The highest BCUT2D eigenvalue weighted by Crippen LogP contribution is 2.20. The molecule has 0 saturated carbocycles. The molecule has 66 valence electrons. The van der Waals surface area contributed by atoms with E-state index in [1.54, 1.807) is 0 Å². The minimum absolute atomic E-state index is 0.286. The number of nitrogens with one attached hydrogen (secondary N) is 1. The molecule has 1 aliphatic heterocycles. The average Bonchev–Trinajstić information content (AvgIpc) is 2.05. The van der Waals surface area contributed by atoms with Gasteiger partial charge >= 0.3 is 0 Å². The van der Waals surface area contributed by atoms with Crippen LogP contribution in [0.4, 0.5) is 0 Å². The smallest absolute Gasteiger partial charge is 0.108 e.